The van der Waals surface area contributed by atoms with E-state index < -0.39 is 45.6 Å². The van der Waals surface area contributed by atoms with Gasteiger partial charge < -0.3 is 5.32 Å². The summed E-state index contributed by atoms with van der Waals surface area (Å²) in [6, 6.07) is 7.16. The number of benzene rings is 2. The molecular weight excluding hydrogens is 425 g/mol. The SMILES string of the molecule is O=C(CSc1c(F)c(F)c(F)c(F)c1F)Nc1ccc(C2SCCS2)cc1. The molecule has 0 spiro atoms. The lowest BCUT2D eigenvalue weighted by Gasteiger charge is -2.11. The van der Waals surface area contributed by atoms with E-state index >= 15 is 0 Å². The van der Waals surface area contributed by atoms with Gasteiger partial charge in [-0.05, 0) is 17.7 Å². The number of thioether (sulfide) groups is 3. The second-order valence-corrected chi connectivity index (χ2v) is 9.14. The summed E-state index contributed by atoms with van der Waals surface area (Å²) in [6.45, 7) is 0. The van der Waals surface area contributed by atoms with Crippen LogP contribution >= 0.6 is 35.3 Å². The minimum Gasteiger partial charge on any atom is -0.325 e. The van der Waals surface area contributed by atoms with Crippen molar-refractivity contribution in [3.63, 3.8) is 0 Å². The van der Waals surface area contributed by atoms with Gasteiger partial charge in [0.2, 0.25) is 11.7 Å². The fourth-order valence-electron chi connectivity index (χ4n) is 2.32. The number of nitrogens with one attached hydrogen (secondary N) is 1. The van der Waals surface area contributed by atoms with Crippen LogP contribution in [0, 0.1) is 29.1 Å². The van der Waals surface area contributed by atoms with E-state index in [4.69, 9.17) is 0 Å². The van der Waals surface area contributed by atoms with Gasteiger partial charge in [-0.2, -0.15) is 0 Å². The van der Waals surface area contributed by atoms with E-state index in [1.165, 1.54) is 0 Å². The first-order valence-corrected chi connectivity index (χ1v) is 10.7. The molecule has 0 radical (unpaired) electrons. The Kier molecular flexibility index (Phi) is 6.59. The molecule has 0 bridgehead atoms. The summed E-state index contributed by atoms with van der Waals surface area (Å²) in [5.74, 6) is -9.14. The van der Waals surface area contributed by atoms with Crippen molar-refractivity contribution in [2.24, 2.45) is 0 Å². The highest BCUT2D eigenvalue weighted by atomic mass is 32.2. The molecule has 2 nitrogen and oxygen atoms in total. The topological polar surface area (TPSA) is 29.1 Å². The lowest BCUT2D eigenvalue weighted by molar-refractivity contribution is -0.113. The van der Waals surface area contributed by atoms with Crippen LogP contribution < -0.4 is 5.32 Å². The third-order valence-corrected chi connectivity index (χ3v) is 7.76. The van der Waals surface area contributed by atoms with Crippen LogP contribution in [0.3, 0.4) is 0 Å². The quantitative estimate of drug-likeness (QED) is 0.286. The minimum absolute atomic E-state index is 0.246. The molecular formula is C17H12F5NOS3. The molecule has 1 aliphatic rings. The van der Waals surface area contributed by atoms with Gasteiger partial charge in [0.15, 0.2) is 23.3 Å². The fourth-order valence-corrected chi connectivity index (χ4v) is 5.96. The summed E-state index contributed by atoms with van der Waals surface area (Å²) in [6.07, 6.45) is 0. The Morgan fingerprint density at radius 2 is 1.44 bits per heavy atom. The van der Waals surface area contributed by atoms with Crippen LogP contribution in [0.1, 0.15) is 10.1 Å². The number of halogens is 5. The van der Waals surface area contributed by atoms with Gasteiger partial charge >= 0.3 is 0 Å². The number of rotatable bonds is 5. The maximum absolute atomic E-state index is 13.6. The Morgan fingerprint density at radius 3 is 2.00 bits per heavy atom. The molecule has 27 heavy (non-hydrogen) atoms. The van der Waals surface area contributed by atoms with Crippen LogP contribution in [0.25, 0.3) is 0 Å². The fraction of sp³-hybridized carbons (Fsp3) is 0.235. The van der Waals surface area contributed by atoms with Crippen LogP contribution in [-0.4, -0.2) is 23.2 Å². The molecule has 10 heteroatoms. The summed E-state index contributed by atoms with van der Waals surface area (Å²) in [5.41, 5.74) is 1.60. The maximum Gasteiger partial charge on any atom is 0.234 e. The molecule has 1 saturated heterocycles. The van der Waals surface area contributed by atoms with Crippen LogP contribution in [0.15, 0.2) is 29.2 Å². The standard InChI is InChI=1S/C17H12F5NOS3/c18-11-12(19)14(21)16(15(22)13(11)20)27-7-10(24)23-9-3-1-8(2-4-9)17-25-5-6-26-17/h1-4,17H,5-7H2,(H,23,24). The number of carbonyl (C=O) groups excluding carboxylic acids is 1. The van der Waals surface area contributed by atoms with Gasteiger partial charge in [0.25, 0.3) is 0 Å². The third kappa shape index (κ3) is 4.55. The van der Waals surface area contributed by atoms with Crippen molar-refractivity contribution in [1.82, 2.24) is 0 Å². The van der Waals surface area contributed by atoms with Gasteiger partial charge in [-0.25, -0.2) is 22.0 Å². The number of hydrogen-bond acceptors (Lipinski definition) is 4. The van der Waals surface area contributed by atoms with E-state index in [0.717, 1.165) is 17.1 Å². The van der Waals surface area contributed by atoms with E-state index in [0.29, 0.717) is 10.3 Å². The minimum atomic E-state index is -2.22. The van der Waals surface area contributed by atoms with Gasteiger partial charge in [0, 0.05) is 17.2 Å². The Hall–Kier alpha value is -1.39. The van der Waals surface area contributed by atoms with E-state index in [1.807, 2.05) is 35.7 Å². The van der Waals surface area contributed by atoms with Gasteiger partial charge in [-0.15, -0.1) is 35.3 Å². The first-order chi connectivity index (χ1) is 12.9. The highest BCUT2D eigenvalue weighted by Gasteiger charge is 2.26. The molecule has 0 saturated carbocycles. The van der Waals surface area contributed by atoms with Crippen LogP contribution in [0.4, 0.5) is 27.6 Å². The van der Waals surface area contributed by atoms with Crippen molar-refractivity contribution in [1.29, 1.82) is 0 Å². The molecule has 2 aromatic rings. The van der Waals surface area contributed by atoms with Crippen molar-refractivity contribution >= 4 is 46.9 Å². The Balaban J connectivity index is 1.62. The molecule has 144 valence electrons. The van der Waals surface area contributed by atoms with Crippen LogP contribution in [0.5, 0.6) is 0 Å². The Labute approximate surface area is 164 Å². The first-order valence-electron chi connectivity index (χ1n) is 7.65. The monoisotopic (exact) mass is 437 g/mol. The summed E-state index contributed by atoms with van der Waals surface area (Å²) >= 11 is 3.93. The lowest BCUT2D eigenvalue weighted by atomic mass is 10.2. The zero-order valence-electron chi connectivity index (χ0n) is 13.5. The summed E-state index contributed by atoms with van der Waals surface area (Å²) < 4.78 is 66.9. The molecule has 0 unspecified atom stereocenters. The number of amides is 1. The summed E-state index contributed by atoms with van der Waals surface area (Å²) in [7, 11) is 0. The Morgan fingerprint density at radius 1 is 0.926 bits per heavy atom. The normalized spacial score (nSPS) is 14.6. The Bertz CT molecular complexity index is 828. The molecule has 1 fully saturated rings. The van der Waals surface area contributed by atoms with E-state index in [1.54, 1.807) is 12.1 Å². The van der Waals surface area contributed by atoms with E-state index in [9.17, 15) is 26.7 Å². The third-order valence-electron chi connectivity index (χ3n) is 3.61. The van der Waals surface area contributed by atoms with E-state index in [-0.39, 0.29) is 11.8 Å². The molecule has 0 aromatic heterocycles. The number of anilines is 1. The second-order valence-electron chi connectivity index (χ2n) is 5.43. The van der Waals surface area contributed by atoms with Gasteiger partial charge in [-0.1, -0.05) is 12.1 Å². The molecule has 1 N–H and O–H groups in total. The summed E-state index contributed by atoms with van der Waals surface area (Å²) in [5, 5.41) is 2.53. The van der Waals surface area contributed by atoms with Crippen molar-refractivity contribution in [3.05, 3.63) is 58.9 Å². The molecule has 3 rings (SSSR count). The van der Waals surface area contributed by atoms with Crippen molar-refractivity contribution < 1.29 is 26.7 Å². The highest BCUT2D eigenvalue weighted by molar-refractivity contribution is 8.19. The largest absolute Gasteiger partial charge is 0.325 e. The molecule has 2 aromatic carbocycles. The van der Waals surface area contributed by atoms with Gasteiger partial charge in [0.05, 0.1) is 15.2 Å². The van der Waals surface area contributed by atoms with Gasteiger partial charge in [-0.3, -0.25) is 4.79 Å². The number of carbonyl (C=O) groups is 1. The highest BCUT2D eigenvalue weighted by Crippen LogP contribution is 2.45. The van der Waals surface area contributed by atoms with Gasteiger partial charge in [0.1, 0.15) is 0 Å². The van der Waals surface area contributed by atoms with E-state index in [2.05, 4.69) is 5.32 Å². The molecule has 1 heterocycles. The summed E-state index contributed by atoms with van der Waals surface area (Å²) in [4.78, 5) is 10.9. The number of hydrogen-bond donors (Lipinski definition) is 1. The van der Waals surface area contributed by atoms with Crippen LogP contribution in [-0.2, 0) is 4.79 Å². The first kappa shape index (κ1) is 20.3. The predicted octanol–water partition coefficient (Wildman–Crippen LogP) is 5.59. The predicted molar refractivity (Wildman–Crippen MR) is 99.7 cm³/mol. The van der Waals surface area contributed by atoms with Crippen LogP contribution in [0.2, 0.25) is 0 Å². The molecule has 1 aliphatic heterocycles. The second kappa shape index (κ2) is 8.74. The van der Waals surface area contributed by atoms with Crippen molar-refractivity contribution in [2.75, 3.05) is 22.6 Å². The molecule has 0 atom stereocenters. The van der Waals surface area contributed by atoms with Crippen molar-refractivity contribution in [2.45, 2.75) is 9.48 Å². The lowest BCUT2D eigenvalue weighted by Crippen LogP contribution is -2.15. The average Bonchev–Trinajstić information content (AvgIpc) is 3.20. The van der Waals surface area contributed by atoms with Crippen molar-refractivity contribution in [3.8, 4) is 0 Å². The zero-order valence-corrected chi connectivity index (χ0v) is 16.0. The maximum atomic E-state index is 13.6. The molecule has 0 aliphatic carbocycles. The average molecular weight is 437 g/mol. The smallest absolute Gasteiger partial charge is 0.234 e. The zero-order chi connectivity index (χ0) is 19.6. The molecule has 1 amide bonds.